The van der Waals surface area contributed by atoms with Crippen LogP contribution in [0.25, 0.3) is 33.1 Å². The molecule has 0 saturated carbocycles. The van der Waals surface area contributed by atoms with E-state index in [0.717, 1.165) is 33.3 Å². The van der Waals surface area contributed by atoms with Gasteiger partial charge in [-0.25, -0.2) is 9.59 Å². The molecular formula is C34H24N2O4. The quantitative estimate of drug-likeness (QED) is 0.170. The number of fused-ring (bicyclic) bond motifs is 2. The topological polar surface area (TPSA) is 85.1 Å². The number of para-hydroxylation sites is 2. The summed E-state index contributed by atoms with van der Waals surface area (Å²) in [6.07, 6.45) is 0. The van der Waals surface area contributed by atoms with Gasteiger partial charge in [0, 0.05) is 10.8 Å². The smallest absolute Gasteiger partial charge is 0.345 e. The lowest BCUT2D eigenvalue weighted by Crippen LogP contribution is -2.11. The average molecular weight is 525 g/mol. The monoisotopic (exact) mass is 524 g/mol. The summed E-state index contributed by atoms with van der Waals surface area (Å²) < 4.78 is 10.9. The molecule has 6 nitrogen and oxygen atoms in total. The first kappa shape index (κ1) is 24.9. The molecule has 0 saturated heterocycles. The Balaban J connectivity index is 1.21. The predicted molar refractivity (Wildman–Crippen MR) is 161 cm³/mol. The number of rotatable bonds is 5. The summed E-state index contributed by atoms with van der Waals surface area (Å²) in [4.78, 5) is 34.2. The van der Waals surface area contributed by atoms with E-state index >= 15 is 0 Å². The number of nitrogens with zero attached hydrogens (tertiary/aromatic N) is 2. The summed E-state index contributed by atoms with van der Waals surface area (Å²) in [5.41, 5.74) is 5.86. The summed E-state index contributed by atoms with van der Waals surface area (Å²) in [6, 6.07) is 34.1. The SMILES string of the molecule is CC(=Nc1ccc(-c2ccc(N=C(C)c3cc4ccccc4oc3=O)cc2)cc1)c1cc2ccccc2oc1=O. The van der Waals surface area contributed by atoms with Crippen molar-refractivity contribution in [1.82, 2.24) is 0 Å². The number of aliphatic imine (C=N–C) groups is 2. The fraction of sp³-hybridized carbons (Fsp3) is 0.0588. The van der Waals surface area contributed by atoms with E-state index in [1.54, 1.807) is 26.0 Å². The molecule has 194 valence electrons. The van der Waals surface area contributed by atoms with Crippen molar-refractivity contribution in [3.8, 4) is 11.1 Å². The van der Waals surface area contributed by atoms with Crippen LogP contribution in [0.15, 0.2) is 138 Å². The largest absolute Gasteiger partial charge is 0.422 e. The van der Waals surface area contributed by atoms with Gasteiger partial charge in [0.1, 0.15) is 11.2 Å². The van der Waals surface area contributed by atoms with Gasteiger partial charge in [-0.3, -0.25) is 9.98 Å². The van der Waals surface area contributed by atoms with Gasteiger partial charge in [-0.05, 0) is 73.5 Å². The average Bonchev–Trinajstić information content (AvgIpc) is 2.97. The normalized spacial score (nSPS) is 12.2. The minimum absolute atomic E-state index is 0.406. The lowest BCUT2D eigenvalue weighted by molar-refractivity contribution is 0.559. The van der Waals surface area contributed by atoms with Gasteiger partial charge in [-0.2, -0.15) is 0 Å². The van der Waals surface area contributed by atoms with Crippen LogP contribution in [0.3, 0.4) is 0 Å². The highest BCUT2D eigenvalue weighted by Crippen LogP contribution is 2.26. The van der Waals surface area contributed by atoms with Crippen molar-refractivity contribution in [3.63, 3.8) is 0 Å². The molecule has 0 aliphatic heterocycles. The first-order chi connectivity index (χ1) is 19.4. The van der Waals surface area contributed by atoms with Gasteiger partial charge in [0.05, 0.1) is 33.9 Å². The molecule has 6 aromatic rings. The molecule has 0 spiro atoms. The highest BCUT2D eigenvalue weighted by molar-refractivity contribution is 6.02. The molecule has 2 heterocycles. The van der Waals surface area contributed by atoms with Gasteiger partial charge in [-0.15, -0.1) is 0 Å². The second-order valence-corrected chi connectivity index (χ2v) is 9.46. The zero-order chi connectivity index (χ0) is 27.6. The third kappa shape index (κ3) is 5.02. The van der Waals surface area contributed by atoms with Crippen LogP contribution in [0.5, 0.6) is 0 Å². The van der Waals surface area contributed by atoms with Gasteiger partial charge in [0.25, 0.3) is 0 Å². The summed E-state index contributed by atoms with van der Waals surface area (Å²) in [6.45, 7) is 3.61. The Bertz CT molecular complexity index is 1900. The molecule has 2 aromatic heterocycles. The maximum Gasteiger partial charge on any atom is 0.345 e. The summed E-state index contributed by atoms with van der Waals surface area (Å²) >= 11 is 0. The van der Waals surface area contributed by atoms with Crippen LogP contribution >= 0.6 is 0 Å². The molecule has 0 aliphatic carbocycles. The molecule has 0 fully saturated rings. The Morgan fingerprint density at radius 2 is 0.900 bits per heavy atom. The second kappa shape index (κ2) is 10.4. The molecule has 6 heteroatoms. The van der Waals surface area contributed by atoms with Crippen molar-refractivity contribution in [1.29, 1.82) is 0 Å². The molecule has 0 radical (unpaired) electrons. The Labute approximate surface area is 229 Å². The van der Waals surface area contributed by atoms with E-state index in [1.807, 2.05) is 97.1 Å². The molecule has 0 unspecified atom stereocenters. The summed E-state index contributed by atoms with van der Waals surface area (Å²) in [5, 5.41) is 1.71. The molecule has 0 N–H and O–H groups in total. The van der Waals surface area contributed by atoms with Crippen LogP contribution in [0.1, 0.15) is 25.0 Å². The lowest BCUT2D eigenvalue weighted by atomic mass is 10.0. The molecule has 0 amide bonds. The highest BCUT2D eigenvalue weighted by Gasteiger charge is 2.10. The van der Waals surface area contributed by atoms with E-state index in [0.29, 0.717) is 33.7 Å². The highest BCUT2D eigenvalue weighted by atomic mass is 16.4. The molecular weight excluding hydrogens is 500 g/mol. The number of hydrogen-bond donors (Lipinski definition) is 0. The van der Waals surface area contributed by atoms with Gasteiger partial charge in [-0.1, -0.05) is 60.7 Å². The van der Waals surface area contributed by atoms with E-state index in [4.69, 9.17) is 8.83 Å². The van der Waals surface area contributed by atoms with Crippen LogP contribution in [0.4, 0.5) is 11.4 Å². The van der Waals surface area contributed by atoms with Crippen molar-refractivity contribution in [2.45, 2.75) is 13.8 Å². The Morgan fingerprint density at radius 3 is 1.30 bits per heavy atom. The van der Waals surface area contributed by atoms with Crippen LogP contribution in [0.2, 0.25) is 0 Å². The summed E-state index contributed by atoms with van der Waals surface area (Å²) in [7, 11) is 0. The van der Waals surface area contributed by atoms with Crippen LogP contribution in [0, 0.1) is 0 Å². The minimum Gasteiger partial charge on any atom is -0.422 e. The first-order valence-electron chi connectivity index (χ1n) is 12.8. The maximum absolute atomic E-state index is 12.5. The van der Waals surface area contributed by atoms with Gasteiger partial charge >= 0.3 is 11.3 Å². The third-order valence-electron chi connectivity index (χ3n) is 6.72. The zero-order valence-corrected chi connectivity index (χ0v) is 21.9. The molecule has 0 aliphatic rings. The van der Waals surface area contributed by atoms with E-state index in [9.17, 15) is 9.59 Å². The second-order valence-electron chi connectivity index (χ2n) is 9.46. The zero-order valence-electron chi connectivity index (χ0n) is 21.9. The molecule has 4 aromatic carbocycles. The van der Waals surface area contributed by atoms with Crippen molar-refractivity contribution < 1.29 is 8.83 Å². The fourth-order valence-electron chi connectivity index (χ4n) is 4.59. The van der Waals surface area contributed by atoms with E-state index in [2.05, 4.69) is 9.98 Å². The molecule has 40 heavy (non-hydrogen) atoms. The summed E-state index contributed by atoms with van der Waals surface area (Å²) in [5.74, 6) is 0. The van der Waals surface area contributed by atoms with Crippen LogP contribution in [-0.2, 0) is 0 Å². The van der Waals surface area contributed by atoms with Crippen LogP contribution in [-0.4, -0.2) is 11.4 Å². The Hall–Kier alpha value is -5.36. The Kier molecular flexibility index (Phi) is 6.50. The van der Waals surface area contributed by atoms with Crippen molar-refractivity contribution in [2.24, 2.45) is 9.98 Å². The lowest BCUT2D eigenvalue weighted by Gasteiger charge is -2.06. The molecule has 0 atom stereocenters. The third-order valence-corrected chi connectivity index (χ3v) is 6.72. The number of hydrogen-bond acceptors (Lipinski definition) is 6. The standard InChI is InChI=1S/C34H24N2O4/c1-21(29-19-25-7-3-5-9-31(25)39-33(29)37)35-27-15-11-23(12-16-27)24-13-17-28(18-14-24)36-22(2)30-20-26-8-4-6-10-32(26)40-34(30)38/h3-20H,1-2H3. The fourth-order valence-corrected chi connectivity index (χ4v) is 4.59. The van der Waals surface area contributed by atoms with Crippen LogP contribution < -0.4 is 11.3 Å². The Morgan fingerprint density at radius 1 is 0.525 bits per heavy atom. The van der Waals surface area contributed by atoms with E-state index < -0.39 is 11.3 Å². The van der Waals surface area contributed by atoms with E-state index in [1.165, 1.54) is 0 Å². The van der Waals surface area contributed by atoms with Crippen molar-refractivity contribution in [3.05, 3.63) is 141 Å². The maximum atomic E-state index is 12.5. The predicted octanol–water partition coefficient (Wildman–Crippen LogP) is 7.85. The minimum atomic E-state index is -0.406. The molecule has 0 bridgehead atoms. The molecule has 6 rings (SSSR count). The van der Waals surface area contributed by atoms with Crippen molar-refractivity contribution in [2.75, 3.05) is 0 Å². The van der Waals surface area contributed by atoms with Gasteiger partial charge in [0.15, 0.2) is 0 Å². The first-order valence-corrected chi connectivity index (χ1v) is 12.8. The van der Waals surface area contributed by atoms with Gasteiger partial charge < -0.3 is 8.83 Å². The van der Waals surface area contributed by atoms with Crippen molar-refractivity contribution >= 4 is 44.7 Å². The van der Waals surface area contributed by atoms with E-state index in [-0.39, 0.29) is 0 Å². The number of benzene rings is 4. The van der Waals surface area contributed by atoms with Gasteiger partial charge in [0.2, 0.25) is 0 Å².